The molecule has 3 aromatic heterocycles. The lowest BCUT2D eigenvalue weighted by Gasteiger charge is -2.22. The van der Waals surface area contributed by atoms with E-state index in [1.54, 1.807) is 0 Å². The van der Waals surface area contributed by atoms with Crippen LogP contribution in [0.4, 0.5) is 0 Å². The average Bonchev–Trinajstić information content (AvgIpc) is 3.53. The molecule has 7 aromatic rings. The molecule has 0 radical (unpaired) electrons. The van der Waals surface area contributed by atoms with Crippen LogP contribution in [0.25, 0.3) is 44.4 Å². The van der Waals surface area contributed by atoms with Crippen molar-refractivity contribution in [3.63, 3.8) is 0 Å². The molecular weight excluding hydrogens is 576 g/mol. The second kappa shape index (κ2) is 11.3. The van der Waals surface area contributed by atoms with Crippen LogP contribution < -0.4 is 4.74 Å². The van der Waals surface area contributed by atoms with Crippen LogP contribution in [0.2, 0.25) is 0 Å². The van der Waals surface area contributed by atoms with Gasteiger partial charge in [-0.1, -0.05) is 90.1 Å². The van der Waals surface area contributed by atoms with Gasteiger partial charge in [0.2, 0.25) is 0 Å². The van der Waals surface area contributed by atoms with E-state index in [1.165, 1.54) is 22.1 Å². The van der Waals surface area contributed by atoms with Gasteiger partial charge >= 0.3 is 0 Å². The molecule has 0 aliphatic carbocycles. The van der Waals surface area contributed by atoms with Crippen molar-refractivity contribution in [1.82, 2.24) is 19.3 Å². The SMILES string of the molecule is Cc1nn(-c2cc(Oc3ccc4c5ccccc5n(-c5cc(C(C)(C)C)ccn5)c4c3)cc(C(C)(C)C)c2)c(C)c1-c1ccccc1. The summed E-state index contributed by atoms with van der Waals surface area (Å²) in [5.41, 5.74) is 9.93. The minimum Gasteiger partial charge on any atom is -0.457 e. The zero-order chi connectivity index (χ0) is 33.1. The molecule has 5 heteroatoms. The number of para-hydroxylation sites is 1. The monoisotopic (exact) mass is 618 g/mol. The Balaban J connectivity index is 1.35. The van der Waals surface area contributed by atoms with Crippen molar-refractivity contribution in [2.75, 3.05) is 0 Å². The smallest absolute Gasteiger partial charge is 0.137 e. The van der Waals surface area contributed by atoms with Gasteiger partial charge in [0.25, 0.3) is 0 Å². The zero-order valence-electron chi connectivity index (χ0n) is 28.6. The van der Waals surface area contributed by atoms with Crippen molar-refractivity contribution in [3.05, 3.63) is 132 Å². The maximum Gasteiger partial charge on any atom is 0.137 e. The van der Waals surface area contributed by atoms with Gasteiger partial charge in [0.15, 0.2) is 0 Å². The fraction of sp³-hybridized carbons (Fsp3) is 0.238. The number of ether oxygens (including phenoxy) is 1. The number of rotatable bonds is 5. The van der Waals surface area contributed by atoms with Crippen LogP contribution >= 0.6 is 0 Å². The van der Waals surface area contributed by atoms with Crippen LogP contribution in [0.3, 0.4) is 0 Å². The lowest BCUT2D eigenvalue weighted by molar-refractivity contribution is 0.478. The first kappa shape index (κ1) is 30.5. The van der Waals surface area contributed by atoms with Crippen molar-refractivity contribution in [1.29, 1.82) is 0 Å². The van der Waals surface area contributed by atoms with Crippen LogP contribution in [0.1, 0.15) is 64.1 Å². The fourth-order valence-corrected chi connectivity index (χ4v) is 6.52. The van der Waals surface area contributed by atoms with Gasteiger partial charge in [0.05, 0.1) is 22.4 Å². The number of pyridine rings is 1. The van der Waals surface area contributed by atoms with E-state index in [-0.39, 0.29) is 10.8 Å². The molecule has 0 fully saturated rings. The summed E-state index contributed by atoms with van der Waals surface area (Å²) in [6.45, 7) is 17.6. The van der Waals surface area contributed by atoms with Gasteiger partial charge in [0, 0.05) is 40.4 Å². The van der Waals surface area contributed by atoms with E-state index in [4.69, 9.17) is 14.8 Å². The Morgan fingerprint density at radius 1 is 0.617 bits per heavy atom. The minimum absolute atomic E-state index is 0.00777. The minimum atomic E-state index is -0.0907. The number of aromatic nitrogens is 4. The Morgan fingerprint density at radius 2 is 1.32 bits per heavy atom. The Kier molecular flexibility index (Phi) is 7.31. The maximum absolute atomic E-state index is 6.74. The summed E-state index contributed by atoms with van der Waals surface area (Å²) in [7, 11) is 0. The fourth-order valence-electron chi connectivity index (χ4n) is 6.52. The molecule has 5 nitrogen and oxygen atoms in total. The van der Waals surface area contributed by atoms with Crippen molar-refractivity contribution in [2.24, 2.45) is 0 Å². The molecule has 0 unspecified atom stereocenters. The van der Waals surface area contributed by atoms with Gasteiger partial charge in [-0.25, -0.2) is 9.67 Å². The number of aryl methyl sites for hydroxylation is 1. The molecule has 4 aromatic carbocycles. The largest absolute Gasteiger partial charge is 0.457 e. The second-order valence-corrected chi connectivity index (χ2v) is 14.6. The molecule has 0 N–H and O–H groups in total. The van der Waals surface area contributed by atoms with Gasteiger partial charge in [-0.2, -0.15) is 5.10 Å². The first-order chi connectivity index (χ1) is 22.4. The lowest BCUT2D eigenvalue weighted by Crippen LogP contribution is -2.12. The van der Waals surface area contributed by atoms with E-state index in [9.17, 15) is 0 Å². The summed E-state index contributed by atoms with van der Waals surface area (Å²) in [4.78, 5) is 4.84. The van der Waals surface area contributed by atoms with Crippen LogP contribution in [0.15, 0.2) is 109 Å². The third-order valence-corrected chi connectivity index (χ3v) is 9.08. The van der Waals surface area contributed by atoms with Gasteiger partial charge in [0.1, 0.15) is 17.3 Å². The van der Waals surface area contributed by atoms with Crippen LogP contribution in [0.5, 0.6) is 11.5 Å². The van der Waals surface area contributed by atoms with Gasteiger partial charge < -0.3 is 4.74 Å². The Bertz CT molecular complexity index is 2260. The summed E-state index contributed by atoms with van der Waals surface area (Å²) < 4.78 is 11.0. The molecule has 236 valence electrons. The highest BCUT2D eigenvalue weighted by Crippen LogP contribution is 2.38. The summed E-state index contributed by atoms with van der Waals surface area (Å²) in [5, 5.41) is 7.36. The predicted molar refractivity (Wildman–Crippen MR) is 195 cm³/mol. The molecule has 0 bridgehead atoms. The van der Waals surface area contributed by atoms with Crippen LogP contribution in [-0.4, -0.2) is 19.3 Å². The normalized spacial score (nSPS) is 12.3. The molecule has 0 saturated heterocycles. The first-order valence-electron chi connectivity index (χ1n) is 16.3. The number of benzene rings is 4. The highest BCUT2D eigenvalue weighted by molar-refractivity contribution is 6.09. The van der Waals surface area contributed by atoms with Crippen molar-refractivity contribution >= 4 is 21.8 Å². The van der Waals surface area contributed by atoms with E-state index in [2.05, 4.69) is 162 Å². The Morgan fingerprint density at radius 3 is 2.06 bits per heavy atom. The standard InChI is InChI=1S/C42H42N4O/c1-27-40(29-14-10-9-11-15-29)28(2)46(44-27)32-22-31(42(6,7)8)23-34(25-32)47-33-18-19-36-35-16-12-13-17-37(35)45(38(36)26-33)39-24-30(20-21-43-39)41(3,4)5/h9-26H,1-8H3. The summed E-state index contributed by atoms with van der Waals surface area (Å²) >= 11 is 0. The lowest BCUT2D eigenvalue weighted by atomic mass is 9.86. The maximum atomic E-state index is 6.74. The Labute approximate surface area is 277 Å². The topological polar surface area (TPSA) is 44.9 Å². The molecule has 0 aliphatic heterocycles. The van der Waals surface area contributed by atoms with Crippen molar-refractivity contribution in [3.8, 4) is 34.1 Å². The van der Waals surface area contributed by atoms with Crippen molar-refractivity contribution < 1.29 is 4.74 Å². The molecule has 0 aliphatic rings. The van der Waals surface area contributed by atoms with E-state index in [0.717, 1.165) is 56.4 Å². The van der Waals surface area contributed by atoms with Crippen LogP contribution in [-0.2, 0) is 10.8 Å². The van der Waals surface area contributed by atoms with Gasteiger partial charge in [-0.05, 0) is 83.8 Å². The molecule has 47 heavy (non-hydrogen) atoms. The van der Waals surface area contributed by atoms with Crippen LogP contribution in [0, 0.1) is 13.8 Å². The molecule has 0 atom stereocenters. The Hall–Kier alpha value is -5.16. The number of hydrogen-bond acceptors (Lipinski definition) is 3. The quantitative estimate of drug-likeness (QED) is 0.193. The molecular formula is C42H42N4O. The van der Waals surface area contributed by atoms with E-state index < -0.39 is 0 Å². The summed E-state index contributed by atoms with van der Waals surface area (Å²) in [6.07, 6.45) is 1.92. The predicted octanol–water partition coefficient (Wildman–Crippen LogP) is 11.0. The molecule has 3 heterocycles. The van der Waals surface area contributed by atoms with E-state index in [1.807, 2.05) is 12.3 Å². The van der Waals surface area contributed by atoms with E-state index >= 15 is 0 Å². The van der Waals surface area contributed by atoms with Gasteiger partial charge in [-0.3, -0.25) is 4.57 Å². The molecule has 0 amide bonds. The second-order valence-electron chi connectivity index (χ2n) is 14.6. The first-order valence-corrected chi connectivity index (χ1v) is 16.3. The highest BCUT2D eigenvalue weighted by atomic mass is 16.5. The summed E-state index contributed by atoms with van der Waals surface area (Å²) in [5.74, 6) is 2.44. The number of fused-ring (bicyclic) bond motifs is 3. The highest BCUT2D eigenvalue weighted by Gasteiger charge is 2.21. The van der Waals surface area contributed by atoms with Gasteiger partial charge in [-0.15, -0.1) is 0 Å². The summed E-state index contributed by atoms with van der Waals surface area (Å²) in [6, 6.07) is 36.2. The zero-order valence-corrected chi connectivity index (χ0v) is 28.6. The third-order valence-electron chi connectivity index (χ3n) is 9.08. The molecule has 0 spiro atoms. The van der Waals surface area contributed by atoms with E-state index in [0.29, 0.717) is 0 Å². The van der Waals surface area contributed by atoms with Crippen molar-refractivity contribution in [2.45, 2.75) is 66.2 Å². The number of nitrogens with zero attached hydrogens (tertiary/aromatic N) is 4. The average molecular weight is 619 g/mol. The number of hydrogen-bond donors (Lipinski definition) is 0. The third kappa shape index (κ3) is 5.61. The molecule has 7 rings (SSSR count). The molecule has 0 saturated carbocycles.